The van der Waals surface area contributed by atoms with Crippen LogP contribution in [0.2, 0.25) is 0 Å². The zero-order valence-corrected chi connectivity index (χ0v) is 28.1. The predicted octanol–water partition coefficient (Wildman–Crippen LogP) is 8.95. The molecule has 44 heavy (non-hydrogen) atoms. The van der Waals surface area contributed by atoms with Gasteiger partial charge in [0.05, 0.1) is 0 Å². The first kappa shape index (κ1) is 34.9. The monoisotopic (exact) mass is 628 g/mol. The zero-order chi connectivity index (χ0) is 32.1. The van der Waals surface area contributed by atoms with Crippen molar-refractivity contribution in [2.24, 2.45) is 0 Å². The van der Waals surface area contributed by atoms with Crippen molar-refractivity contribution in [2.45, 2.75) is 47.5 Å². The van der Waals surface area contributed by atoms with E-state index >= 15 is 0 Å². The molecule has 1 N–H and O–H groups in total. The molecular weight excluding hydrogens is 583 g/mol. The van der Waals surface area contributed by atoms with Crippen molar-refractivity contribution in [1.82, 2.24) is 0 Å². The van der Waals surface area contributed by atoms with Crippen molar-refractivity contribution in [3.8, 4) is 0 Å². The van der Waals surface area contributed by atoms with Crippen molar-refractivity contribution < 1.29 is 16.9 Å². The van der Waals surface area contributed by atoms with E-state index in [0.29, 0.717) is 15.9 Å². The van der Waals surface area contributed by atoms with Gasteiger partial charge in [-0.25, -0.2) is 0 Å². The van der Waals surface area contributed by atoms with E-state index < -0.39 is 17.2 Å². The number of allylic oxidation sites excluding steroid dienone is 12. The topological polar surface area (TPSA) is 63.6 Å². The van der Waals surface area contributed by atoms with Crippen LogP contribution in [-0.4, -0.2) is 19.1 Å². The van der Waals surface area contributed by atoms with E-state index in [1.54, 1.807) is 0 Å². The number of hydrogen-bond donors (Lipinski definition) is 1. The summed E-state index contributed by atoms with van der Waals surface area (Å²) in [6.45, 7) is 6.14. The molecule has 6 heteroatoms. The van der Waals surface area contributed by atoms with Crippen LogP contribution in [0.15, 0.2) is 162 Å². The Morgan fingerprint density at radius 1 is 0.682 bits per heavy atom. The van der Waals surface area contributed by atoms with Crippen LogP contribution in [0.25, 0.3) is 0 Å². The minimum absolute atomic E-state index is 0.221. The zero-order valence-electron chi connectivity index (χ0n) is 26.4. The summed E-state index contributed by atoms with van der Waals surface area (Å²) in [5.74, 6) is 0. The second-order valence-corrected chi connectivity index (χ2v) is 17.1. The van der Waals surface area contributed by atoms with E-state index in [0.717, 1.165) is 24.0 Å². The molecule has 0 spiro atoms. The van der Waals surface area contributed by atoms with Gasteiger partial charge in [0.15, 0.2) is 0 Å². The summed E-state index contributed by atoms with van der Waals surface area (Å²) in [4.78, 5) is 0. The normalized spacial score (nSPS) is 14.5. The van der Waals surface area contributed by atoms with Gasteiger partial charge < -0.3 is 0 Å². The molecule has 0 aliphatic carbocycles. The first-order valence-electron chi connectivity index (χ1n) is 14.8. The van der Waals surface area contributed by atoms with Gasteiger partial charge in [-0.1, -0.05) is 11.6 Å². The standard InChI is InChI=1S/C38H45O4PS/c1-32(2)18-15-19-33(3)20-16-21-34(4)22-17-23-35(5)30-31-43(42-44(39,40)41,36-24-9-6-10-25-36,37-26-11-7-12-27-37)38-28-13-8-14-29-38/h6-14,16-18,20-30H,15,19,31H2,1-5H3,(H,39,40,41)/b21-16+,23-17+,33-20+,34-22+,35-30+. The Kier molecular flexibility index (Phi) is 12.6. The summed E-state index contributed by atoms with van der Waals surface area (Å²) in [5.41, 5.74) is 4.72. The van der Waals surface area contributed by atoms with Crippen LogP contribution >= 0.6 is 6.83 Å². The Balaban J connectivity index is 2.04. The van der Waals surface area contributed by atoms with Crippen LogP contribution in [-0.2, 0) is 14.4 Å². The molecule has 0 bridgehead atoms. The fourth-order valence-corrected chi connectivity index (χ4v) is 12.7. The molecule has 0 aromatic heterocycles. The summed E-state index contributed by atoms with van der Waals surface area (Å²) in [6.07, 6.45) is 18.9. The fourth-order valence-electron chi connectivity index (χ4n) is 5.19. The van der Waals surface area contributed by atoms with E-state index in [1.165, 1.54) is 11.1 Å². The molecule has 0 heterocycles. The second kappa shape index (κ2) is 15.9. The third-order valence-electron chi connectivity index (χ3n) is 7.48. The molecule has 0 unspecified atom stereocenters. The molecule has 232 valence electrons. The average Bonchev–Trinajstić information content (AvgIpc) is 3.00. The Bertz CT molecular complexity index is 1560. The minimum atomic E-state index is -4.90. The van der Waals surface area contributed by atoms with Crippen LogP contribution in [0.3, 0.4) is 0 Å². The van der Waals surface area contributed by atoms with Gasteiger partial charge in [0, 0.05) is 0 Å². The molecule has 3 aromatic rings. The fraction of sp³-hybridized carbons (Fsp3) is 0.211. The molecule has 0 aliphatic rings. The number of rotatable bonds is 14. The van der Waals surface area contributed by atoms with Crippen LogP contribution < -0.4 is 15.9 Å². The van der Waals surface area contributed by atoms with E-state index in [-0.39, 0.29) is 6.16 Å². The van der Waals surface area contributed by atoms with E-state index in [1.807, 2.05) is 122 Å². The van der Waals surface area contributed by atoms with E-state index in [9.17, 15) is 13.0 Å². The van der Waals surface area contributed by atoms with Gasteiger partial charge in [0.2, 0.25) is 0 Å². The quantitative estimate of drug-likeness (QED) is 0.0838. The first-order chi connectivity index (χ1) is 21.0. The molecule has 0 amide bonds. The molecule has 3 rings (SSSR count). The molecule has 0 atom stereocenters. The van der Waals surface area contributed by atoms with Gasteiger partial charge >= 0.3 is 234 Å². The Morgan fingerprint density at radius 2 is 1.14 bits per heavy atom. The van der Waals surface area contributed by atoms with Gasteiger partial charge in [0.1, 0.15) is 0 Å². The van der Waals surface area contributed by atoms with E-state index in [2.05, 4.69) is 52.0 Å². The molecule has 0 radical (unpaired) electrons. The maximum atomic E-state index is 12.8. The van der Waals surface area contributed by atoms with Crippen molar-refractivity contribution in [2.75, 3.05) is 6.16 Å². The molecular formula is C38H45O4PS. The average molecular weight is 629 g/mol. The molecule has 0 aliphatic heterocycles. The number of benzene rings is 3. The molecule has 0 saturated heterocycles. The van der Waals surface area contributed by atoms with Crippen molar-refractivity contribution >= 4 is 33.1 Å². The third-order valence-corrected chi connectivity index (χ3v) is 14.6. The third kappa shape index (κ3) is 9.20. The molecule has 3 aromatic carbocycles. The van der Waals surface area contributed by atoms with Gasteiger partial charge in [-0.05, 0) is 20.3 Å². The molecule has 4 nitrogen and oxygen atoms in total. The predicted molar refractivity (Wildman–Crippen MR) is 191 cm³/mol. The molecule has 0 saturated carbocycles. The van der Waals surface area contributed by atoms with Crippen LogP contribution in [0, 0.1) is 0 Å². The van der Waals surface area contributed by atoms with Crippen molar-refractivity contribution in [3.05, 3.63) is 162 Å². The van der Waals surface area contributed by atoms with Crippen LogP contribution in [0.1, 0.15) is 47.5 Å². The van der Waals surface area contributed by atoms with Gasteiger partial charge in [0.25, 0.3) is 0 Å². The summed E-state index contributed by atoms with van der Waals surface area (Å²) >= 11 is 0. The summed E-state index contributed by atoms with van der Waals surface area (Å²) in [5, 5.41) is 2.10. The first-order valence-corrected chi connectivity index (χ1v) is 18.5. The summed E-state index contributed by atoms with van der Waals surface area (Å²) < 4.78 is 42.1. The van der Waals surface area contributed by atoms with Crippen LogP contribution in [0.4, 0.5) is 0 Å². The van der Waals surface area contributed by atoms with Crippen molar-refractivity contribution in [1.29, 1.82) is 0 Å². The SMILES string of the molecule is CC(C)=CCC/C(C)=C/C=C/C(C)=C/C=C/C(C)=C/CP(OS(=O)(=O)O)(c1ccccc1)(c1ccccc1)c1ccccc1. The Labute approximate surface area is 264 Å². The summed E-state index contributed by atoms with van der Waals surface area (Å²) in [6, 6.07) is 28.2. The molecule has 0 fully saturated rings. The van der Waals surface area contributed by atoms with Gasteiger partial charge in [-0.2, -0.15) is 0 Å². The second-order valence-electron chi connectivity index (χ2n) is 11.3. The number of hydrogen-bond acceptors (Lipinski definition) is 3. The van der Waals surface area contributed by atoms with E-state index in [4.69, 9.17) is 3.97 Å². The summed E-state index contributed by atoms with van der Waals surface area (Å²) in [7, 11) is -4.90. The Hall–Kier alpha value is -3.60. The Morgan fingerprint density at radius 3 is 1.59 bits per heavy atom. The van der Waals surface area contributed by atoms with Gasteiger partial charge in [-0.3, -0.25) is 0 Å². The van der Waals surface area contributed by atoms with Gasteiger partial charge in [-0.15, -0.1) is 0 Å². The maximum absolute atomic E-state index is 12.8. The van der Waals surface area contributed by atoms with Crippen LogP contribution in [0.5, 0.6) is 0 Å². The van der Waals surface area contributed by atoms with Crippen molar-refractivity contribution in [3.63, 3.8) is 0 Å².